The van der Waals surface area contributed by atoms with Gasteiger partial charge in [0, 0.05) is 0 Å². The molecule has 0 radical (unpaired) electrons. The molecule has 0 aliphatic carbocycles. The molecule has 6 heteroatoms. The highest BCUT2D eigenvalue weighted by molar-refractivity contribution is 5.83. The molecule has 6 nitrogen and oxygen atoms in total. The van der Waals surface area contributed by atoms with Crippen LogP contribution in [0.2, 0.25) is 0 Å². The number of carboxylic acids is 1. The van der Waals surface area contributed by atoms with Gasteiger partial charge in [-0.15, -0.1) is 6.58 Å². The summed E-state index contributed by atoms with van der Waals surface area (Å²) < 4.78 is 10.6. The first-order valence-electron chi connectivity index (χ1n) is 7.35. The highest BCUT2D eigenvalue weighted by Crippen LogP contribution is 2.19. The number of aryl methyl sites for hydroxylation is 2. The van der Waals surface area contributed by atoms with E-state index in [0.29, 0.717) is 0 Å². The summed E-state index contributed by atoms with van der Waals surface area (Å²) in [5.41, 5.74) is 2.05. The summed E-state index contributed by atoms with van der Waals surface area (Å²) in [6.45, 7) is 7.65. The molecule has 0 saturated carbocycles. The second-order valence-electron chi connectivity index (χ2n) is 5.15. The van der Waals surface area contributed by atoms with E-state index in [9.17, 15) is 9.59 Å². The number of carbonyl (C=O) groups is 2. The zero-order chi connectivity index (χ0) is 17.2. The molecule has 1 aromatic rings. The number of amides is 1. The molecule has 0 fully saturated rings. The highest BCUT2D eigenvalue weighted by atomic mass is 16.5. The third-order valence-electron chi connectivity index (χ3n) is 3.08. The van der Waals surface area contributed by atoms with Crippen molar-refractivity contribution in [3.05, 3.63) is 42.0 Å². The molecule has 1 atom stereocenters. The van der Waals surface area contributed by atoms with Crippen molar-refractivity contribution in [3.63, 3.8) is 0 Å². The van der Waals surface area contributed by atoms with Crippen molar-refractivity contribution < 1.29 is 24.2 Å². The lowest BCUT2D eigenvalue weighted by molar-refractivity contribution is -0.143. The number of ether oxygens (including phenoxy) is 2. The molecule has 0 bridgehead atoms. The summed E-state index contributed by atoms with van der Waals surface area (Å²) in [5, 5.41) is 11.4. The smallest absolute Gasteiger partial charge is 0.328 e. The molecule has 0 aromatic heterocycles. The van der Waals surface area contributed by atoms with Gasteiger partial charge in [-0.2, -0.15) is 0 Å². The average molecular weight is 321 g/mol. The van der Waals surface area contributed by atoms with Gasteiger partial charge in [0.1, 0.15) is 5.75 Å². The van der Waals surface area contributed by atoms with Crippen LogP contribution in [0.1, 0.15) is 17.5 Å². The van der Waals surface area contributed by atoms with E-state index in [-0.39, 0.29) is 26.2 Å². The van der Waals surface area contributed by atoms with Crippen LogP contribution in [-0.2, 0) is 14.3 Å². The van der Waals surface area contributed by atoms with Gasteiger partial charge in [-0.05, 0) is 31.0 Å². The van der Waals surface area contributed by atoms with Gasteiger partial charge in [-0.3, -0.25) is 4.79 Å². The predicted molar refractivity (Wildman–Crippen MR) is 86.6 cm³/mol. The number of nitrogens with one attached hydrogen (secondary N) is 1. The largest absolute Gasteiger partial charge is 0.493 e. The second-order valence-corrected chi connectivity index (χ2v) is 5.15. The molecule has 0 saturated heterocycles. The normalized spacial score (nSPS) is 11.6. The Balaban J connectivity index is 2.41. The first-order valence-corrected chi connectivity index (χ1v) is 7.35. The fourth-order valence-electron chi connectivity index (χ4n) is 1.83. The maximum absolute atomic E-state index is 11.8. The van der Waals surface area contributed by atoms with Gasteiger partial charge >= 0.3 is 5.97 Å². The molecule has 1 amide bonds. The zero-order valence-corrected chi connectivity index (χ0v) is 13.5. The molecule has 23 heavy (non-hydrogen) atoms. The monoisotopic (exact) mass is 321 g/mol. The molecule has 0 aliphatic rings. The summed E-state index contributed by atoms with van der Waals surface area (Å²) in [6.07, 6.45) is 1.58. The van der Waals surface area contributed by atoms with Crippen molar-refractivity contribution in [2.24, 2.45) is 0 Å². The SMILES string of the molecule is C=CCOCC(NC(=O)CCOc1cc(C)ccc1C)C(=O)O. The maximum atomic E-state index is 11.8. The number of benzene rings is 1. The number of rotatable bonds is 10. The molecular weight excluding hydrogens is 298 g/mol. The molecule has 0 aliphatic heterocycles. The summed E-state index contributed by atoms with van der Waals surface area (Å²) >= 11 is 0. The molecular formula is C17H23NO5. The first kappa shape index (κ1) is 18.7. The molecule has 0 heterocycles. The Morgan fingerprint density at radius 1 is 1.39 bits per heavy atom. The van der Waals surface area contributed by atoms with Gasteiger partial charge in [0.25, 0.3) is 0 Å². The van der Waals surface area contributed by atoms with Crippen LogP contribution >= 0.6 is 0 Å². The molecule has 0 spiro atoms. The third-order valence-corrected chi connectivity index (χ3v) is 3.08. The minimum atomic E-state index is -1.14. The number of hydrogen-bond acceptors (Lipinski definition) is 4. The zero-order valence-electron chi connectivity index (χ0n) is 13.5. The average Bonchev–Trinajstić information content (AvgIpc) is 2.49. The Morgan fingerprint density at radius 3 is 2.78 bits per heavy atom. The molecule has 1 aromatic carbocycles. The second kappa shape index (κ2) is 9.63. The number of aliphatic carboxylic acids is 1. The van der Waals surface area contributed by atoms with Crippen molar-refractivity contribution in [2.45, 2.75) is 26.3 Å². The lowest BCUT2D eigenvalue weighted by Crippen LogP contribution is -2.44. The Bertz CT molecular complexity index is 556. The Labute approximate surface area is 136 Å². The standard InChI is InChI=1S/C17H23NO5/c1-4-8-22-11-14(17(20)21)18-16(19)7-9-23-15-10-12(2)5-6-13(15)3/h4-6,10,14H,1,7-9,11H2,2-3H3,(H,18,19)(H,20,21). The van der Waals surface area contributed by atoms with Crippen LogP contribution < -0.4 is 10.1 Å². The van der Waals surface area contributed by atoms with Gasteiger partial charge in [0.05, 0.1) is 26.2 Å². The lowest BCUT2D eigenvalue weighted by atomic mass is 10.1. The van der Waals surface area contributed by atoms with E-state index in [4.69, 9.17) is 14.6 Å². The fourth-order valence-corrected chi connectivity index (χ4v) is 1.83. The summed E-state index contributed by atoms with van der Waals surface area (Å²) in [7, 11) is 0. The minimum absolute atomic E-state index is 0.0681. The van der Waals surface area contributed by atoms with E-state index in [1.807, 2.05) is 32.0 Å². The maximum Gasteiger partial charge on any atom is 0.328 e. The Morgan fingerprint density at radius 2 is 2.13 bits per heavy atom. The van der Waals surface area contributed by atoms with Crippen LogP contribution in [-0.4, -0.2) is 42.8 Å². The van der Waals surface area contributed by atoms with Crippen molar-refractivity contribution in [1.82, 2.24) is 5.32 Å². The summed E-state index contributed by atoms with van der Waals surface area (Å²) in [6, 6.07) is 4.75. The molecule has 1 unspecified atom stereocenters. The number of carbonyl (C=O) groups excluding carboxylic acids is 1. The van der Waals surface area contributed by atoms with E-state index >= 15 is 0 Å². The van der Waals surface area contributed by atoms with Gasteiger partial charge in [0.15, 0.2) is 6.04 Å². The molecule has 2 N–H and O–H groups in total. The van der Waals surface area contributed by atoms with Crippen molar-refractivity contribution in [1.29, 1.82) is 0 Å². The van der Waals surface area contributed by atoms with Crippen molar-refractivity contribution >= 4 is 11.9 Å². The van der Waals surface area contributed by atoms with Crippen LogP contribution in [0.4, 0.5) is 0 Å². The van der Waals surface area contributed by atoms with Crippen LogP contribution in [0.5, 0.6) is 5.75 Å². The minimum Gasteiger partial charge on any atom is -0.493 e. The van der Waals surface area contributed by atoms with Crippen LogP contribution in [0.15, 0.2) is 30.9 Å². The predicted octanol–water partition coefficient (Wildman–Crippen LogP) is 1.84. The van der Waals surface area contributed by atoms with Crippen LogP contribution in [0, 0.1) is 13.8 Å². The topological polar surface area (TPSA) is 84.9 Å². The number of carboxylic acid groups (broad SMARTS) is 1. The summed E-state index contributed by atoms with van der Waals surface area (Å²) in [5.74, 6) is -0.815. The molecule has 1 rings (SSSR count). The van der Waals surface area contributed by atoms with E-state index in [1.165, 1.54) is 6.08 Å². The van der Waals surface area contributed by atoms with E-state index in [1.54, 1.807) is 0 Å². The Hall–Kier alpha value is -2.34. The lowest BCUT2D eigenvalue weighted by Gasteiger charge is -2.15. The highest BCUT2D eigenvalue weighted by Gasteiger charge is 2.19. The van der Waals surface area contributed by atoms with Gasteiger partial charge < -0.3 is 19.9 Å². The quantitative estimate of drug-likeness (QED) is 0.507. The third kappa shape index (κ3) is 6.97. The van der Waals surface area contributed by atoms with Gasteiger partial charge in [0.2, 0.25) is 5.91 Å². The molecule has 126 valence electrons. The van der Waals surface area contributed by atoms with Crippen molar-refractivity contribution in [3.8, 4) is 5.75 Å². The summed E-state index contributed by atoms with van der Waals surface area (Å²) in [4.78, 5) is 22.9. The number of hydrogen-bond donors (Lipinski definition) is 2. The van der Waals surface area contributed by atoms with E-state index in [0.717, 1.165) is 16.9 Å². The fraction of sp³-hybridized carbons (Fsp3) is 0.412. The van der Waals surface area contributed by atoms with Crippen LogP contribution in [0.3, 0.4) is 0 Å². The van der Waals surface area contributed by atoms with Crippen molar-refractivity contribution in [2.75, 3.05) is 19.8 Å². The van der Waals surface area contributed by atoms with Gasteiger partial charge in [-0.1, -0.05) is 18.2 Å². The van der Waals surface area contributed by atoms with E-state index < -0.39 is 17.9 Å². The Kier molecular flexibility index (Phi) is 7.83. The van der Waals surface area contributed by atoms with E-state index in [2.05, 4.69) is 11.9 Å². The first-order chi connectivity index (χ1) is 10.9. The van der Waals surface area contributed by atoms with Gasteiger partial charge in [-0.25, -0.2) is 4.79 Å². The van der Waals surface area contributed by atoms with Crippen LogP contribution in [0.25, 0.3) is 0 Å².